The summed E-state index contributed by atoms with van der Waals surface area (Å²) >= 11 is 0. The van der Waals surface area contributed by atoms with Gasteiger partial charge in [-0.2, -0.15) is 0 Å². The van der Waals surface area contributed by atoms with E-state index in [-0.39, 0.29) is 54.0 Å². The van der Waals surface area contributed by atoms with Crippen molar-refractivity contribution in [3.63, 3.8) is 0 Å². The van der Waals surface area contributed by atoms with Crippen LogP contribution in [-0.2, 0) is 4.79 Å². The molecule has 1 saturated carbocycles. The van der Waals surface area contributed by atoms with Gasteiger partial charge in [-0.25, -0.2) is 4.99 Å². The fraction of sp³-hybridized carbons (Fsp3) is 0.857. The number of aliphatic hydroxyl groups excluding tert-OH is 1. The van der Waals surface area contributed by atoms with Gasteiger partial charge in [0, 0.05) is 24.0 Å². The molecule has 124 valence electrons. The van der Waals surface area contributed by atoms with Gasteiger partial charge in [-0.05, 0) is 40.5 Å². The molecular formula is C14H29IN4O2. The Bertz CT molecular complexity index is 362. The third-order valence-corrected chi connectivity index (χ3v) is 3.16. The highest BCUT2D eigenvalue weighted by atomic mass is 127. The predicted molar refractivity (Wildman–Crippen MR) is 96.0 cm³/mol. The van der Waals surface area contributed by atoms with Crippen molar-refractivity contribution in [1.82, 2.24) is 16.0 Å². The third kappa shape index (κ3) is 8.45. The van der Waals surface area contributed by atoms with Crippen LogP contribution in [0, 0.1) is 5.41 Å². The Hall–Kier alpha value is -0.570. The van der Waals surface area contributed by atoms with E-state index >= 15 is 0 Å². The minimum atomic E-state index is -0.243. The Morgan fingerprint density at radius 3 is 2.33 bits per heavy atom. The van der Waals surface area contributed by atoms with Gasteiger partial charge >= 0.3 is 0 Å². The number of guanidine groups is 1. The highest BCUT2D eigenvalue weighted by Crippen LogP contribution is 2.44. The lowest BCUT2D eigenvalue weighted by atomic mass is 10.1. The fourth-order valence-corrected chi connectivity index (χ4v) is 1.79. The van der Waals surface area contributed by atoms with E-state index in [9.17, 15) is 9.90 Å². The summed E-state index contributed by atoms with van der Waals surface area (Å²) in [6.45, 7) is 9.52. The number of hydrogen-bond donors (Lipinski definition) is 4. The number of halogens is 1. The SMILES string of the molecule is CCNC(=NCC(=O)NC(C)(C)C)NCC1(CO)CC1.I. The zero-order chi connectivity index (χ0) is 15.2. The van der Waals surface area contributed by atoms with Crippen LogP contribution in [0.15, 0.2) is 4.99 Å². The average molecular weight is 412 g/mol. The van der Waals surface area contributed by atoms with Gasteiger partial charge in [0.15, 0.2) is 5.96 Å². The van der Waals surface area contributed by atoms with Crippen LogP contribution in [0.5, 0.6) is 0 Å². The first-order valence-corrected chi connectivity index (χ1v) is 7.24. The lowest BCUT2D eigenvalue weighted by molar-refractivity contribution is -0.121. The van der Waals surface area contributed by atoms with Crippen LogP contribution in [0.3, 0.4) is 0 Å². The molecule has 1 rings (SSSR count). The molecule has 1 aliphatic carbocycles. The van der Waals surface area contributed by atoms with E-state index in [1.165, 1.54) is 0 Å². The molecule has 1 amide bonds. The van der Waals surface area contributed by atoms with Gasteiger partial charge in [0.25, 0.3) is 0 Å². The van der Waals surface area contributed by atoms with Gasteiger partial charge in [-0.15, -0.1) is 24.0 Å². The molecule has 0 aliphatic heterocycles. The second kappa shape index (κ2) is 8.77. The van der Waals surface area contributed by atoms with Crippen molar-refractivity contribution < 1.29 is 9.90 Å². The van der Waals surface area contributed by atoms with E-state index in [2.05, 4.69) is 20.9 Å². The average Bonchev–Trinajstić information content (AvgIpc) is 3.11. The minimum Gasteiger partial charge on any atom is -0.396 e. The van der Waals surface area contributed by atoms with Crippen molar-refractivity contribution in [2.24, 2.45) is 10.4 Å². The van der Waals surface area contributed by atoms with E-state index in [0.29, 0.717) is 12.5 Å². The van der Waals surface area contributed by atoms with Crippen LogP contribution in [0.4, 0.5) is 0 Å². The van der Waals surface area contributed by atoms with Crippen molar-refractivity contribution in [3.8, 4) is 0 Å². The lowest BCUT2D eigenvalue weighted by Gasteiger charge is -2.20. The molecule has 0 atom stereocenters. The van der Waals surface area contributed by atoms with Crippen LogP contribution in [0.1, 0.15) is 40.5 Å². The Morgan fingerprint density at radius 1 is 1.29 bits per heavy atom. The second-order valence-electron chi connectivity index (χ2n) is 6.51. The predicted octanol–water partition coefficient (Wildman–Crippen LogP) is 0.847. The first-order chi connectivity index (χ1) is 9.30. The van der Waals surface area contributed by atoms with Crippen LogP contribution in [0.25, 0.3) is 0 Å². The number of aliphatic hydroxyl groups is 1. The molecular weight excluding hydrogens is 383 g/mol. The normalized spacial score (nSPS) is 16.7. The lowest BCUT2D eigenvalue weighted by Crippen LogP contribution is -2.44. The summed E-state index contributed by atoms with van der Waals surface area (Å²) in [5, 5.41) is 18.4. The Morgan fingerprint density at radius 2 is 1.90 bits per heavy atom. The topological polar surface area (TPSA) is 85.8 Å². The number of nitrogens with one attached hydrogen (secondary N) is 3. The second-order valence-corrected chi connectivity index (χ2v) is 6.51. The molecule has 6 nitrogen and oxygen atoms in total. The summed E-state index contributed by atoms with van der Waals surface area (Å²) in [6, 6.07) is 0. The maximum absolute atomic E-state index is 11.7. The van der Waals surface area contributed by atoms with E-state index in [4.69, 9.17) is 0 Å². The monoisotopic (exact) mass is 412 g/mol. The highest BCUT2D eigenvalue weighted by Gasteiger charge is 2.41. The molecule has 0 radical (unpaired) electrons. The van der Waals surface area contributed by atoms with Crippen LogP contribution >= 0.6 is 24.0 Å². The van der Waals surface area contributed by atoms with Gasteiger partial charge in [-0.3, -0.25) is 4.79 Å². The third-order valence-electron chi connectivity index (χ3n) is 3.16. The van der Waals surface area contributed by atoms with E-state index < -0.39 is 0 Å². The number of aliphatic imine (C=N–C) groups is 1. The molecule has 0 saturated heterocycles. The van der Waals surface area contributed by atoms with Crippen molar-refractivity contribution in [2.45, 2.75) is 46.1 Å². The number of carbonyl (C=O) groups excluding carboxylic acids is 1. The molecule has 0 aromatic carbocycles. The van der Waals surface area contributed by atoms with E-state index in [1.54, 1.807) is 0 Å². The Labute approximate surface area is 144 Å². The van der Waals surface area contributed by atoms with Gasteiger partial charge in [-0.1, -0.05) is 0 Å². The number of hydrogen-bond acceptors (Lipinski definition) is 3. The first-order valence-electron chi connectivity index (χ1n) is 7.24. The van der Waals surface area contributed by atoms with Crippen LogP contribution in [-0.4, -0.2) is 48.8 Å². The largest absolute Gasteiger partial charge is 0.396 e. The number of carbonyl (C=O) groups is 1. The first kappa shape index (κ1) is 20.4. The summed E-state index contributed by atoms with van der Waals surface area (Å²) in [4.78, 5) is 16.0. The maximum atomic E-state index is 11.7. The van der Waals surface area contributed by atoms with E-state index in [0.717, 1.165) is 19.4 Å². The summed E-state index contributed by atoms with van der Waals surface area (Å²) in [5.74, 6) is 0.522. The van der Waals surface area contributed by atoms with Gasteiger partial charge in [0.1, 0.15) is 6.54 Å². The summed E-state index contributed by atoms with van der Waals surface area (Å²) in [6.07, 6.45) is 2.08. The number of nitrogens with zero attached hydrogens (tertiary/aromatic N) is 1. The molecule has 0 bridgehead atoms. The highest BCUT2D eigenvalue weighted by molar-refractivity contribution is 14.0. The van der Waals surface area contributed by atoms with Crippen molar-refractivity contribution in [2.75, 3.05) is 26.2 Å². The Kier molecular flexibility index (Phi) is 8.53. The standard InChI is InChI=1S/C14H28N4O2.HI/c1-5-15-12(17-9-14(10-19)6-7-14)16-8-11(20)18-13(2,3)4;/h19H,5-10H2,1-4H3,(H,18,20)(H2,15,16,17);1H. The van der Waals surface area contributed by atoms with Gasteiger partial charge in [0.2, 0.25) is 5.91 Å². The number of rotatable bonds is 6. The minimum absolute atomic E-state index is 0. The van der Waals surface area contributed by atoms with Crippen LogP contribution in [0.2, 0.25) is 0 Å². The fourth-order valence-electron chi connectivity index (χ4n) is 1.79. The van der Waals surface area contributed by atoms with Crippen molar-refractivity contribution >= 4 is 35.8 Å². The number of amides is 1. The molecule has 0 aromatic heterocycles. The molecule has 0 unspecified atom stereocenters. The quantitative estimate of drug-likeness (QED) is 0.296. The van der Waals surface area contributed by atoms with Gasteiger partial charge in [0.05, 0.1) is 6.61 Å². The molecule has 4 N–H and O–H groups in total. The van der Waals surface area contributed by atoms with Crippen LogP contribution < -0.4 is 16.0 Å². The molecule has 21 heavy (non-hydrogen) atoms. The summed E-state index contributed by atoms with van der Waals surface area (Å²) in [5.41, 5.74) is -0.225. The summed E-state index contributed by atoms with van der Waals surface area (Å²) < 4.78 is 0. The smallest absolute Gasteiger partial charge is 0.242 e. The maximum Gasteiger partial charge on any atom is 0.242 e. The van der Waals surface area contributed by atoms with Crippen molar-refractivity contribution in [1.29, 1.82) is 0 Å². The molecule has 0 heterocycles. The molecule has 7 heteroatoms. The van der Waals surface area contributed by atoms with Crippen molar-refractivity contribution in [3.05, 3.63) is 0 Å². The zero-order valence-electron chi connectivity index (χ0n) is 13.5. The molecule has 1 aliphatic rings. The molecule has 0 spiro atoms. The molecule has 1 fully saturated rings. The van der Waals surface area contributed by atoms with E-state index in [1.807, 2.05) is 27.7 Å². The summed E-state index contributed by atoms with van der Waals surface area (Å²) in [7, 11) is 0. The Balaban J connectivity index is 0.00000400. The van der Waals surface area contributed by atoms with Gasteiger partial charge < -0.3 is 21.1 Å². The zero-order valence-corrected chi connectivity index (χ0v) is 15.8. The molecule has 0 aromatic rings.